The molecule has 0 aliphatic heterocycles. The second kappa shape index (κ2) is 6.63. The van der Waals surface area contributed by atoms with Crippen LogP contribution in [0.4, 0.5) is 11.4 Å². The molecular weight excluding hydrogens is 244 g/mol. The van der Waals surface area contributed by atoms with Gasteiger partial charge < -0.3 is 22.1 Å². The Hall–Kier alpha value is -2.24. The van der Waals surface area contributed by atoms with Crippen molar-refractivity contribution in [3.8, 4) is 0 Å². The van der Waals surface area contributed by atoms with Gasteiger partial charge in [0.25, 0.3) is 5.91 Å². The summed E-state index contributed by atoms with van der Waals surface area (Å²) >= 11 is 0. The number of hydrogen-bond acceptors (Lipinski definition) is 4. The first-order valence-electron chi connectivity index (χ1n) is 6.13. The van der Waals surface area contributed by atoms with Gasteiger partial charge in [-0.15, -0.1) is 0 Å². The highest BCUT2D eigenvalue weighted by Gasteiger charge is 2.11. The van der Waals surface area contributed by atoms with Gasteiger partial charge in [-0.1, -0.05) is 6.07 Å². The number of para-hydroxylation sites is 1. The van der Waals surface area contributed by atoms with Crippen LogP contribution in [0.5, 0.6) is 0 Å². The number of hydrogen-bond donors (Lipinski definition) is 4. The molecule has 1 aromatic carbocycles. The fraction of sp³-hybridized carbons (Fsp3) is 0.385. The summed E-state index contributed by atoms with van der Waals surface area (Å²) in [6, 6.07) is 5.03. The molecule has 104 valence electrons. The van der Waals surface area contributed by atoms with Crippen LogP contribution in [0.1, 0.15) is 30.6 Å². The van der Waals surface area contributed by atoms with Crippen molar-refractivity contribution in [2.24, 2.45) is 5.73 Å². The summed E-state index contributed by atoms with van der Waals surface area (Å²) in [5.74, 6) is -0.612. The number of nitrogen functional groups attached to an aromatic ring is 1. The van der Waals surface area contributed by atoms with Gasteiger partial charge >= 0.3 is 0 Å². The second-order valence-electron chi connectivity index (χ2n) is 4.53. The highest BCUT2D eigenvalue weighted by molar-refractivity contribution is 6.01. The molecule has 1 aromatic rings. The van der Waals surface area contributed by atoms with Gasteiger partial charge in [0.1, 0.15) is 0 Å². The number of amides is 2. The Balaban J connectivity index is 2.63. The zero-order valence-electron chi connectivity index (χ0n) is 11.2. The number of carbonyl (C=O) groups excluding carboxylic acids is 2. The highest BCUT2D eigenvalue weighted by atomic mass is 16.2. The van der Waals surface area contributed by atoms with Crippen molar-refractivity contribution in [2.45, 2.75) is 26.3 Å². The van der Waals surface area contributed by atoms with E-state index in [1.165, 1.54) is 0 Å². The topological polar surface area (TPSA) is 110 Å². The van der Waals surface area contributed by atoms with Crippen LogP contribution >= 0.6 is 0 Å². The van der Waals surface area contributed by atoms with Crippen molar-refractivity contribution in [1.82, 2.24) is 5.32 Å². The zero-order valence-corrected chi connectivity index (χ0v) is 11.2. The van der Waals surface area contributed by atoms with Crippen LogP contribution < -0.4 is 22.1 Å². The number of rotatable bonds is 6. The number of carbonyl (C=O) groups is 2. The molecule has 0 aromatic heterocycles. The molecule has 0 bridgehead atoms. The number of anilines is 2. The van der Waals surface area contributed by atoms with Crippen LogP contribution in [-0.2, 0) is 4.79 Å². The molecule has 0 unspecified atom stereocenters. The molecule has 0 aliphatic carbocycles. The molecule has 0 fully saturated rings. The molecule has 0 saturated heterocycles. The first-order valence-corrected chi connectivity index (χ1v) is 6.13. The maximum atomic E-state index is 11.5. The third kappa shape index (κ3) is 4.50. The summed E-state index contributed by atoms with van der Waals surface area (Å²) in [6.07, 6.45) is 0.296. The molecule has 6 nitrogen and oxygen atoms in total. The molecule has 6 heteroatoms. The normalized spacial score (nSPS) is 10.3. The lowest BCUT2D eigenvalue weighted by atomic mass is 10.1. The largest absolute Gasteiger partial charge is 0.397 e. The first-order chi connectivity index (χ1) is 8.91. The van der Waals surface area contributed by atoms with E-state index >= 15 is 0 Å². The van der Waals surface area contributed by atoms with Crippen molar-refractivity contribution in [1.29, 1.82) is 0 Å². The lowest BCUT2D eigenvalue weighted by Crippen LogP contribution is -2.31. The Morgan fingerprint density at radius 2 is 2.00 bits per heavy atom. The van der Waals surface area contributed by atoms with E-state index in [1.807, 2.05) is 13.8 Å². The van der Waals surface area contributed by atoms with Gasteiger partial charge in [-0.3, -0.25) is 9.59 Å². The van der Waals surface area contributed by atoms with Crippen LogP contribution in [0.2, 0.25) is 0 Å². The lowest BCUT2D eigenvalue weighted by molar-refractivity contribution is -0.121. The van der Waals surface area contributed by atoms with E-state index in [2.05, 4.69) is 10.6 Å². The molecule has 0 atom stereocenters. The van der Waals surface area contributed by atoms with Gasteiger partial charge in [0.05, 0.1) is 16.9 Å². The minimum absolute atomic E-state index is 0.0578. The summed E-state index contributed by atoms with van der Waals surface area (Å²) in [7, 11) is 0. The van der Waals surface area contributed by atoms with Crippen molar-refractivity contribution in [3.05, 3.63) is 23.8 Å². The minimum atomic E-state index is -0.554. The highest BCUT2D eigenvalue weighted by Crippen LogP contribution is 2.22. The fourth-order valence-corrected chi connectivity index (χ4v) is 1.67. The molecular formula is C13H20N4O2. The number of benzene rings is 1. The van der Waals surface area contributed by atoms with E-state index < -0.39 is 5.91 Å². The molecule has 1 rings (SSSR count). The Morgan fingerprint density at radius 1 is 1.32 bits per heavy atom. The lowest BCUT2D eigenvalue weighted by Gasteiger charge is -2.13. The van der Waals surface area contributed by atoms with Crippen LogP contribution in [-0.4, -0.2) is 24.4 Å². The summed E-state index contributed by atoms with van der Waals surface area (Å²) in [6.45, 7) is 4.17. The standard InChI is InChI=1S/C13H20N4O2/c1-8(2)17-11(18)6-7-16-12-9(13(15)19)4-3-5-10(12)14/h3-5,8,16H,6-7,14H2,1-2H3,(H2,15,19)(H,17,18). The van der Waals surface area contributed by atoms with E-state index in [-0.39, 0.29) is 11.9 Å². The van der Waals surface area contributed by atoms with Gasteiger partial charge in [-0.05, 0) is 26.0 Å². The number of nitrogens with two attached hydrogens (primary N) is 2. The average molecular weight is 264 g/mol. The van der Waals surface area contributed by atoms with E-state index in [0.717, 1.165) is 0 Å². The van der Waals surface area contributed by atoms with Crippen LogP contribution in [0.15, 0.2) is 18.2 Å². The molecule has 19 heavy (non-hydrogen) atoms. The van der Waals surface area contributed by atoms with Crippen LogP contribution in [0.3, 0.4) is 0 Å². The van der Waals surface area contributed by atoms with E-state index in [1.54, 1.807) is 18.2 Å². The molecule has 0 spiro atoms. The molecule has 0 heterocycles. The molecule has 0 aliphatic rings. The number of nitrogens with one attached hydrogen (secondary N) is 2. The summed E-state index contributed by atoms with van der Waals surface area (Å²) < 4.78 is 0. The third-order valence-electron chi connectivity index (χ3n) is 2.47. The smallest absolute Gasteiger partial charge is 0.250 e. The monoisotopic (exact) mass is 264 g/mol. The zero-order chi connectivity index (χ0) is 14.4. The Labute approximate surface area is 112 Å². The molecule has 0 saturated carbocycles. The molecule has 2 amide bonds. The Bertz CT molecular complexity index is 472. The van der Waals surface area contributed by atoms with Gasteiger partial charge in [0.15, 0.2) is 0 Å². The predicted molar refractivity (Wildman–Crippen MR) is 75.8 cm³/mol. The summed E-state index contributed by atoms with van der Waals surface area (Å²) in [4.78, 5) is 22.7. The first kappa shape index (κ1) is 14.8. The maximum absolute atomic E-state index is 11.5. The van der Waals surface area contributed by atoms with Crippen LogP contribution in [0.25, 0.3) is 0 Å². The third-order valence-corrected chi connectivity index (χ3v) is 2.47. The van der Waals surface area contributed by atoms with E-state index in [9.17, 15) is 9.59 Å². The maximum Gasteiger partial charge on any atom is 0.250 e. The van der Waals surface area contributed by atoms with Crippen molar-refractivity contribution in [3.63, 3.8) is 0 Å². The SMILES string of the molecule is CC(C)NC(=O)CCNc1c(N)cccc1C(N)=O. The van der Waals surface area contributed by atoms with Crippen molar-refractivity contribution in [2.75, 3.05) is 17.6 Å². The van der Waals surface area contributed by atoms with Gasteiger partial charge in [-0.2, -0.15) is 0 Å². The predicted octanol–water partition coefficient (Wildman–Crippen LogP) is 0.694. The Kier molecular flexibility index (Phi) is 5.17. The molecule has 6 N–H and O–H groups in total. The van der Waals surface area contributed by atoms with Crippen molar-refractivity contribution >= 4 is 23.2 Å². The van der Waals surface area contributed by atoms with E-state index in [0.29, 0.717) is 29.9 Å². The Morgan fingerprint density at radius 3 is 2.58 bits per heavy atom. The average Bonchev–Trinajstić information content (AvgIpc) is 2.29. The summed E-state index contributed by atoms with van der Waals surface area (Å²) in [5.41, 5.74) is 12.3. The van der Waals surface area contributed by atoms with Crippen LogP contribution in [0, 0.1) is 0 Å². The number of primary amides is 1. The fourth-order valence-electron chi connectivity index (χ4n) is 1.67. The molecule has 0 radical (unpaired) electrons. The van der Waals surface area contributed by atoms with Gasteiger partial charge in [0, 0.05) is 19.0 Å². The summed E-state index contributed by atoms with van der Waals surface area (Å²) in [5, 5.41) is 5.76. The second-order valence-corrected chi connectivity index (χ2v) is 4.53. The minimum Gasteiger partial charge on any atom is -0.397 e. The van der Waals surface area contributed by atoms with E-state index in [4.69, 9.17) is 11.5 Å². The van der Waals surface area contributed by atoms with Gasteiger partial charge in [0.2, 0.25) is 5.91 Å². The quantitative estimate of drug-likeness (QED) is 0.567. The van der Waals surface area contributed by atoms with Crippen molar-refractivity contribution < 1.29 is 9.59 Å². The van der Waals surface area contributed by atoms with Gasteiger partial charge in [-0.25, -0.2) is 0 Å².